The highest BCUT2D eigenvalue weighted by Gasteiger charge is 2.19. The summed E-state index contributed by atoms with van der Waals surface area (Å²) < 4.78 is 15.5. The molecule has 2 aromatic heterocycles. The van der Waals surface area contributed by atoms with E-state index in [2.05, 4.69) is 10.5 Å². The van der Waals surface area contributed by atoms with Gasteiger partial charge in [0.25, 0.3) is 5.91 Å². The molecule has 0 saturated heterocycles. The number of rotatable bonds is 6. The largest absolute Gasteiger partial charge is 0.461 e. The second-order valence-electron chi connectivity index (χ2n) is 5.83. The molecule has 0 fully saturated rings. The van der Waals surface area contributed by atoms with Crippen molar-refractivity contribution in [2.24, 2.45) is 0 Å². The van der Waals surface area contributed by atoms with Gasteiger partial charge in [-0.15, -0.1) is 0 Å². The summed E-state index contributed by atoms with van der Waals surface area (Å²) in [6.07, 6.45) is 1.52. The highest BCUT2D eigenvalue weighted by atomic mass is 16.5. The van der Waals surface area contributed by atoms with Gasteiger partial charge in [0, 0.05) is 11.6 Å². The van der Waals surface area contributed by atoms with Gasteiger partial charge in [0.2, 0.25) is 5.76 Å². The van der Waals surface area contributed by atoms with Gasteiger partial charge in [-0.3, -0.25) is 4.79 Å². The van der Waals surface area contributed by atoms with E-state index in [9.17, 15) is 9.59 Å². The molecule has 7 nitrogen and oxygen atoms in total. The highest BCUT2D eigenvalue weighted by Crippen LogP contribution is 2.20. The fourth-order valence-corrected chi connectivity index (χ4v) is 2.31. The molecule has 0 aliphatic heterocycles. The van der Waals surface area contributed by atoms with E-state index in [1.165, 1.54) is 6.26 Å². The topological polar surface area (TPSA) is 94.6 Å². The first kappa shape index (κ1) is 17.5. The van der Waals surface area contributed by atoms with Gasteiger partial charge in [-0.2, -0.15) is 0 Å². The van der Waals surface area contributed by atoms with Crippen molar-refractivity contribution >= 4 is 11.9 Å². The van der Waals surface area contributed by atoms with Crippen molar-refractivity contribution in [2.45, 2.75) is 26.5 Å². The van der Waals surface area contributed by atoms with E-state index < -0.39 is 12.0 Å². The van der Waals surface area contributed by atoms with Crippen molar-refractivity contribution in [1.82, 2.24) is 10.5 Å². The van der Waals surface area contributed by atoms with Crippen molar-refractivity contribution < 1.29 is 23.3 Å². The summed E-state index contributed by atoms with van der Waals surface area (Å²) in [7, 11) is 0. The molecule has 3 aromatic rings. The molecule has 134 valence electrons. The standard InChI is InChI=1S/C19H18N2O5/c1-12-5-3-6-14(9-12)18(22)20-13(2)19(23)25-11-15-10-17(26-21-15)16-7-4-8-24-16/h3-10,13H,11H2,1-2H3,(H,20,22)/t13-/m0/s1. The number of esters is 1. The minimum Gasteiger partial charge on any atom is -0.461 e. The lowest BCUT2D eigenvalue weighted by molar-refractivity contribution is -0.146. The molecule has 1 atom stereocenters. The number of ether oxygens (including phenoxy) is 1. The van der Waals surface area contributed by atoms with Gasteiger partial charge in [0.15, 0.2) is 5.76 Å². The Morgan fingerprint density at radius 1 is 1.19 bits per heavy atom. The third-order valence-corrected chi connectivity index (χ3v) is 3.67. The van der Waals surface area contributed by atoms with Crippen LogP contribution in [0.15, 0.2) is 57.7 Å². The minimum absolute atomic E-state index is 0.0618. The van der Waals surface area contributed by atoms with Crippen LogP contribution in [-0.4, -0.2) is 23.1 Å². The Morgan fingerprint density at radius 3 is 2.77 bits per heavy atom. The van der Waals surface area contributed by atoms with Crippen LogP contribution in [-0.2, 0) is 16.1 Å². The maximum absolute atomic E-state index is 12.2. The Kier molecular flexibility index (Phi) is 5.17. The molecule has 2 heterocycles. The Hall–Kier alpha value is -3.35. The molecule has 0 aliphatic carbocycles. The molecule has 0 spiro atoms. The summed E-state index contributed by atoms with van der Waals surface area (Å²) in [4.78, 5) is 24.2. The Balaban J connectivity index is 1.52. The molecule has 0 aliphatic rings. The highest BCUT2D eigenvalue weighted by molar-refractivity contribution is 5.96. The van der Waals surface area contributed by atoms with Crippen molar-refractivity contribution in [2.75, 3.05) is 0 Å². The van der Waals surface area contributed by atoms with Crippen LogP contribution in [0.5, 0.6) is 0 Å². The first-order valence-corrected chi connectivity index (χ1v) is 8.06. The average Bonchev–Trinajstić information content (AvgIpc) is 3.30. The van der Waals surface area contributed by atoms with Crippen LogP contribution in [0.4, 0.5) is 0 Å². The number of hydrogen-bond donors (Lipinski definition) is 1. The van der Waals surface area contributed by atoms with Crippen LogP contribution in [0.25, 0.3) is 11.5 Å². The molecule has 7 heteroatoms. The van der Waals surface area contributed by atoms with Crippen LogP contribution < -0.4 is 5.32 Å². The van der Waals surface area contributed by atoms with E-state index in [1.54, 1.807) is 43.3 Å². The maximum atomic E-state index is 12.2. The summed E-state index contributed by atoms with van der Waals surface area (Å²) in [6, 6.07) is 11.4. The van der Waals surface area contributed by atoms with Crippen LogP contribution in [0.1, 0.15) is 28.5 Å². The van der Waals surface area contributed by atoms with Gasteiger partial charge in [-0.1, -0.05) is 22.9 Å². The van der Waals surface area contributed by atoms with E-state index in [-0.39, 0.29) is 12.5 Å². The lowest BCUT2D eigenvalue weighted by Crippen LogP contribution is -2.39. The lowest BCUT2D eigenvalue weighted by Gasteiger charge is -2.13. The number of carbonyl (C=O) groups is 2. The number of benzene rings is 1. The summed E-state index contributed by atoms with van der Waals surface area (Å²) in [6.45, 7) is 3.39. The zero-order valence-corrected chi connectivity index (χ0v) is 14.4. The molecule has 0 unspecified atom stereocenters. The van der Waals surface area contributed by atoms with E-state index in [4.69, 9.17) is 13.7 Å². The zero-order valence-electron chi connectivity index (χ0n) is 14.4. The first-order valence-electron chi connectivity index (χ1n) is 8.06. The van der Waals surface area contributed by atoms with Crippen molar-refractivity contribution in [3.05, 3.63) is 65.5 Å². The number of amides is 1. The van der Waals surface area contributed by atoms with Gasteiger partial charge in [-0.05, 0) is 38.1 Å². The second-order valence-corrected chi connectivity index (χ2v) is 5.83. The third kappa shape index (κ3) is 4.18. The van der Waals surface area contributed by atoms with E-state index in [1.807, 2.05) is 13.0 Å². The Labute approximate surface area is 149 Å². The van der Waals surface area contributed by atoms with Crippen molar-refractivity contribution in [3.8, 4) is 11.5 Å². The van der Waals surface area contributed by atoms with Crippen LogP contribution in [0.2, 0.25) is 0 Å². The fourth-order valence-electron chi connectivity index (χ4n) is 2.31. The van der Waals surface area contributed by atoms with Crippen LogP contribution in [0.3, 0.4) is 0 Å². The molecule has 26 heavy (non-hydrogen) atoms. The van der Waals surface area contributed by atoms with Crippen molar-refractivity contribution in [1.29, 1.82) is 0 Å². The van der Waals surface area contributed by atoms with E-state index in [0.29, 0.717) is 22.8 Å². The lowest BCUT2D eigenvalue weighted by atomic mass is 10.1. The number of furan rings is 1. The van der Waals surface area contributed by atoms with Crippen LogP contribution >= 0.6 is 0 Å². The number of nitrogens with zero attached hydrogens (tertiary/aromatic N) is 1. The summed E-state index contributed by atoms with van der Waals surface area (Å²) in [5.74, 6) is 0.0870. The fraction of sp³-hybridized carbons (Fsp3) is 0.211. The maximum Gasteiger partial charge on any atom is 0.328 e. The van der Waals surface area contributed by atoms with Gasteiger partial charge in [0.1, 0.15) is 18.3 Å². The number of hydrogen-bond acceptors (Lipinski definition) is 6. The Bertz CT molecular complexity index is 898. The molecule has 1 N–H and O–H groups in total. The predicted octanol–water partition coefficient (Wildman–Crippen LogP) is 3.10. The normalized spacial score (nSPS) is 11.8. The number of nitrogens with one attached hydrogen (secondary N) is 1. The van der Waals surface area contributed by atoms with E-state index in [0.717, 1.165) is 5.56 Å². The Morgan fingerprint density at radius 2 is 2.04 bits per heavy atom. The number of aromatic nitrogens is 1. The summed E-state index contributed by atoms with van der Waals surface area (Å²) in [5.41, 5.74) is 1.90. The van der Waals surface area contributed by atoms with Gasteiger partial charge < -0.3 is 19.0 Å². The SMILES string of the molecule is Cc1cccc(C(=O)N[C@@H](C)C(=O)OCc2cc(-c3ccco3)on2)c1. The first-order chi connectivity index (χ1) is 12.5. The van der Waals surface area contributed by atoms with Gasteiger partial charge >= 0.3 is 5.97 Å². The molecule has 3 rings (SSSR count). The summed E-state index contributed by atoms with van der Waals surface area (Å²) >= 11 is 0. The number of carbonyl (C=O) groups excluding carboxylic acids is 2. The quantitative estimate of drug-likeness (QED) is 0.684. The minimum atomic E-state index is -0.792. The zero-order chi connectivity index (χ0) is 18.5. The second kappa shape index (κ2) is 7.69. The van der Waals surface area contributed by atoms with Gasteiger partial charge in [-0.25, -0.2) is 4.79 Å². The van der Waals surface area contributed by atoms with E-state index >= 15 is 0 Å². The molecule has 0 saturated carbocycles. The molecule has 1 aromatic carbocycles. The monoisotopic (exact) mass is 354 g/mol. The third-order valence-electron chi connectivity index (χ3n) is 3.67. The molecular weight excluding hydrogens is 336 g/mol. The van der Waals surface area contributed by atoms with Crippen molar-refractivity contribution in [3.63, 3.8) is 0 Å². The average molecular weight is 354 g/mol. The smallest absolute Gasteiger partial charge is 0.328 e. The molecule has 0 radical (unpaired) electrons. The predicted molar refractivity (Wildman–Crippen MR) is 92.1 cm³/mol. The van der Waals surface area contributed by atoms with Crippen LogP contribution in [0, 0.1) is 6.92 Å². The number of aryl methyl sites for hydroxylation is 1. The summed E-state index contributed by atoms with van der Waals surface area (Å²) in [5, 5.41) is 6.44. The molecular formula is C19H18N2O5. The molecule has 1 amide bonds. The van der Waals surface area contributed by atoms with Gasteiger partial charge in [0.05, 0.1) is 6.26 Å². The molecule has 0 bridgehead atoms.